The molecule has 0 heterocycles. The molecule has 0 aliphatic heterocycles. The first-order valence-corrected chi connectivity index (χ1v) is 7.58. The molecule has 0 saturated heterocycles. The molecular weight excluding hydrogens is 282 g/mol. The summed E-state index contributed by atoms with van der Waals surface area (Å²) >= 11 is 0. The number of methoxy groups -OCH3 is 1. The molecule has 0 spiro atoms. The van der Waals surface area contributed by atoms with Crippen LogP contribution in [0.1, 0.15) is 17.3 Å². The number of sulfonamides is 1. The Labute approximate surface area is 119 Å². The number of rotatable bonds is 8. The second kappa shape index (κ2) is 7.49. The Bertz CT molecular complexity index is 556. The number of hydrogen-bond donors (Lipinski definition) is 1. The summed E-state index contributed by atoms with van der Waals surface area (Å²) in [6.45, 7) is 1.45. The summed E-state index contributed by atoms with van der Waals surface area (Å²) in [5, 5.41) is 8.99. The molecule has 0 radical (unpaired) electrons. The Kier molecular flexibility index (Phi) is 6.28. The van der Waals surface area contributed by atoms with E-state index in [9.17, 15) is 13.2 Å². The van der Waals surface area contributed by atoms with Crippen molar-refractivity contribution in [3.63, 3.8) is 0 Å². The summed E-state index contributed by atoms with van der Waals surface area (Å²) in [5.41, 5.74) is 0.335. The molecule has 6 nitrogen and oxygen atoms in total. The minimum absolute atomic E-state index is 0.0179. The van der Waals surface area contributed by atoms with E-state index < -0.39 is 10.0 Å². The Hall–Kier alpha value is -1.28. The first-order valence-electron chi connectivity index (χ1n) is 6.14. The van der Waals surface area contributed by atoms with E-state index in [2.05, 4.69) is 0 Å². The number of ketones is 1. The predicted molar refractivity (Wildman–Crippen MR) is 74.2 cm³/mol. The monoisotopic (exact) mass is 301 g/mol. The molecule has 0 aromatic heterocycles. The molecule has 1 aromatic carbocycles. The molecule has 0 atom stereocenters. The van der Waals surface area contributed by atoms with Gasteiger partial charge in [-0.25, -0.2) is 8.42 Å². The second-order valence-electron chi connectivity index (χ2n) is 4.20. The standard InChI is InChI=1S/C13H19NO5S/c1-11(16)12-4-3-5-13(10-12)20(17,18)14(6-8-15)7-9-19-2/h3-5,10,15H,6-9H2,1-2H3. The van der Waals surface area contributed by atoms with Crippen molar-refractivity contribution in [2.45, 2.75) is 11.8 Å². The number of benzene rings is 1. The normalized spacial score (nSPS) is 11.8. The van der Waals surface area contributed by atoms with E-state index in [4.69, 9.17) is 9.84 Å². The molecule has 20 heavy (non-hydrogen) atoms. The van der Waals surface area contributed by atoms with E-state index in [0.717, 1.165) is 4.31 Å². The Morgan fingerprint density at radius 3 is 2.60 bits per heavy atom. The summed E-state index contributed by atoms with van der Waals surface area (Å²) in [6.07, 6.45) is 0. The molecule has 0 fully saturated rings. The molecule has 1 aromatic rings. The van der Waals surface area contributed by atoms with Crippen molar-refractivity contribution < 1.29 is 23.1 Å². The highest BCUT2D eigenvalue weighted by Crippen LogP contribution is 2.17. The van der Waals surface area contributed by atoms with Gasteiger partial charge in [-0.1, -0.05) is 12.1 Å². The highest BCUT2D eigenvalue weighted by atomic mass is 32.2. The highest BCUT2D eigenvalue weighted by molar-refractivity contribution is 7.89. The average molecular weight is 301 g/mol. The van der Waals surface area contributed by atoms with Gasteiger partial charge >= 0.3 is 0 Å². The highest BCUT2D eigenvalue weighted by Gasteiger charge is 2.24. The van der Waals surface area contributed by atoms with E-state index in [1.165, 1.54) is 32.2 Å². The smallest absolute Gasteiger partial charge is 0.243 e. The first kappa shape index (κ1) is 16.8. The van der Waals surface area contributed by atoms with Crippen LogP contribution >= 0.6 is 0 Å². The van der Waals surface area contributed by atoms with Gasteiger partial charge in [-0.3, -0.25) is 4.79 Å². The lowest BCUT2D eigenvalue weighted by Gasteiger charge is -2.21. The molecule has 0 saturated carbocycles. The third-order valence-electron chi connectivity index (χ3n) is 2.77. The first-order chi connectivity index (χ1) is 9.43. The van der Waals surface area contributed by atoms with Gasteiger partial charge in [0.05, 0.1) is 18.1 Å². The number of Topliss-reactive ketones (excluding diaryl/α,β-unsaturated/α-hetero) is 1. The lowest BCUT2D eigenvalue weighted by Crippen LogP contribution is -2.36. The maximum absolute atomic E-state index is 12.5. The van der Waals surface area contributed by atoms with Crippen LogP contribution in [0.25, 0.3) is 0 Å². The molecule has 0 aliphatic carbocycles. The molecule has 112 valence electrons. The summed E-state index contributed by atoms with van der Waals surface area (Å²) < 4.78 is 30.9. The van der Waals surface area contributed by atoms with Crippen LogP contribution < -0.4 is 0 Å². The summed E-state index contributed by atoms with van der Waals surface area (Å²) in [7, 11) is -2.28. The van der Waals surface area contributed by atoms with Crippen LogP contribution in [-0.4, -0.2) is 57.0 Å². The number of carbonyl (C=O) groups is 1. The molecule has 0 bridgehead atoms. The van der Waals surface area contributed by atoms with Crippen molar-refractivity contribution >= 4 is 15.8 Å². The topological polar surface area (TPSA) is 83.9 Å². The molecule has 1 N–H and O–H groups in total. The summed E-state index contributed by atoms with van der Waals surface area (Å²) in [5.74, 6) is -0.201. The minimum atomic E-state index is -3.75. The summed E-state index contributed by atoms with van der Waals surface area (Å²) in [4.78, 5) is 11.4. The van der Waals surface area contributed by atoms with E-state index in [1.807, 2.05) is 0 Å². The van der Waals surface area contributed by atoms with Crippen molar-refractivity contribution in [2.75, 3.05) is 33.4 Å². The Morgan fingerprint density at radius 1 is 1.35 bits per heavy atom. The number of ether oxygens (including phenoxy) is 1. The van der Waals surface area contributed by atoms with Crippen molar-refractivity contribution in [3.8, 4) is 0 Å². The number of aliphatic hydroxyl groups excluding tert-OH is 1. The van der Waals surface area contributed by atoms with E-state index in [0.29, 0.717) is 5.56 Å². The molecule has 0 unspecified atom stereocenters. The van der Waals surface area contributed by atoms with Gasteiger partial charge in [0.15, 0.2) is 5.78 Å². The maximum Gasteiger partial charge on any atom is 0.243 e. The van der Waals surface area contributed by atoms with E-state index in [1.54, 1.807) is 6.07 Å². The van der Waals surface area contributed by atoms with Crippen LogP contribution in [-0.2, 0) is 14.8 Å². The van der Waals surface area contributed by atoms with Crippen molar-refractivity contribution in [2.24, 2.45) is 0 Å². The predicted octanol–water partition coefficient (Wildman–Crippen LogP) is 0.519. The lowest BCUT2D eigenvalue weighted by atomic mass is 10.2. The number of hydrogen-bond acceptors (Lipinski definition) is 5. The van der Waals surface area contributed by atoms with Crippen LogP contribution in [0, 0.1) is 0 Å². The third-order valence-corrected chi connectivity index (χ3v) is 4.67. The maximum atomic E-state index is 12.5. The zero-order valence-electron chi connectivity index (χ0n) is 11.6. The van der Waals surface area contributed by atoms with Gasteiger partial charge in [-0.05, 0) is 19.1 Å². The number of carbonyl (C=O) groups excluding carboxylic acids is 1. The fourth-order valence-electron chi connectivity index (χ4n) is 1.68. The van der Waals surface area contributed by atoms with E-state index >= 15 is 0 Å². The molecule has 1 rings (SSSR count). The van der Waals surface area contributed by atoms with Crippen molar-refractivity contribution in [1.29, 1.82) is 0 Å². The van der Waals surface area contributed by atoms with Crippen LogP contribution in [0.5, 0.6) is 0 Å². The van der Waals surface area contributed by atoms with Gasteiger partial charge < -0.3 is 9.84 Å². The molecule has 0 aliphatic rings. The van der Waals surface area contributed by atoms with Crippen LogP contribution in [0.4, 0.5) is 0 Å². The van der Waals surface area contributed by atoms with Crippen LogP contribution in [0.2, 0.25) is 0 Å². The zero-order chi connectivity index (χ0) is 15.2. The number of aliphatic hydroxyl groups is 1. The van der Waals surface area contributed by atoms with Gasteiger partial charge in [-0.2, -0.15) is 4.31 Å². The lowest BCUT2D eigenvalue weighted by molar-refractivity contribution is 0.101. The second-order valence-corrected chi connectivity index (χ2v) is 6.14. The largest absolute Gasteiger partial charge is 0.395 e. The fourth-order valence-corrected chi connectivity index (χ4v) is 3.14. The number of nitrogens with zero attached hydrogens (tertiary/aromatic N) is 1. The van der Waals surface area contributed by atoms with Gasteiger partial charge in [0.1, 0.15) is 0 Å². The van der Waals surface area contributed by atoms with Gasteiger partial charge in [-0.15, -0.1) is 0 Å². The molecular formula is C13H19NO5S. The zero-order valence-corrected chi connectivity index (χ0v) is 12.4. The van der Waals surface area contributed by atoms with E-state index in [-0.39, 0.29) is 37.0 Å². The summed E-state index contributed by atoms with van der Waals surface area (Å²) in [6, 6.07) is 5.86. The Morgan fingerprint density at radius 2 is 2.05 bits per heavy atom. The minimum Gasteiger partial charge on any atom is -0.395 e. The van der Waals surface area contributed by atoms with Crippen molar-refractivity contribution in [3.05, 3.63) is 29.8 Å². The van der Waals surface area contributed by atoms with Gasteiger partial charge in [0.25, 0.3) is 0 Å². The third kappa shape index (κ3) is 4.11. The van der Waals surface area contributed by atoms with Gasteiger partial charge in [0.2, 0.25) is 10.0 Å². The van der Waals surface area contributed by atoms with Crippen LogP contribution in [0.3, 0.4) is 0 Å². The van der Waals surface area contributed by atoms with Gasteiger partial charge in [0, 0.05) is 25.8 Å². The average Bonchev–Trinajstić information content (AvgIpc) is 2.43. The van der Waals surface area contributed by atoms with Crippen molar-refractivity contribution in [1.82, 2.24) is 4.31 Å². The quantitative estimate of drug-likeness (QED) is 0.708. The molecule has 7 heteroatoms. The molecule has 0 amide bonds. The van der Waals surface area contributed by atoms with Crippen LogP contribution in [0.15, 0.2) is 29.2 Å². The fraction of sp³-hybridized carbons (Fsp3) is 0.462. The Balaban J connectivity index is 3.11. The SMILES string of the molecule is COCCN(CCO)S(=O)(=O)c1cccc(C(C)=O)c1.